The Bertz CT molecular complexity index is 487. The second-order valence-electron chi connectivity index (χ2n) is 4.11. The maximum atomic E-state index is 11.9. The third-order valence-electron chi connectivity index (χ3n) is 2.81. The lowest BCUT2D eigenvalue weighted by Crippen LogP contribution is -2.23. The summed E-state index contributed by atoms with van der Waals surface area (Å²) in [5.41, 5.74) is 7.02. The molecule has 4 nitrogen and oxygen atoms in total. The number of ether oxygens (including phenoxy) is 1. The van der Waals surface area contributed by atoms with Crippen molar-refractivity contribution in [2.45, 2.75) is 6.42 Å². The quantitative estimate of drug-likeness (QED) is 0.833. The first-order valence-corrected chi connectivity index (χ1v) is 6.76. The number of carbonyl (C=O) groups excluding carboxylic acids is 1. The molecule has 1 atom stereocenters. The Morgan fingerprint density at radius 3 is 2.89 bits per heavy atom. The average molecular weight is 329 g/mol. The summed E-state index contributed by atoms with van der Waals surface area (Å²) in [6, 6.07) is 5.36. The Hall–Kier alpha value is -0.980. The number of nitrogens with two attached hydrogens (primary N) is 1. The van der Waals surface area contributed by atoms with E-state index in [1.807, 2.05) is 0 Å². The lowest BCUT2D eigenvalue weighted by molar-refractivity contribution is -0.119. The van der Waals surface area contributed by atoms with Gasteiger partial charge in [-0.15, -0.1) is 0 Å². The van der Waals surface area contributed by atoms with Crippen molar-refractivity contribution >= 4 is 44.7 Å². The Labute approximate surface area is 119 Å². The number of hydrogen-bond acceptors (Lipinski definition) is 3. The minimum Gasteiger partial charge on any atom is -0.389 e. The van der Waals surface area contributed by atoms with E-state index in [0.717, 1.165) is 16.5 Å². The van der Waals surface area contributed by atoms with Crippen molar-refractivity contribution in [3.63, 3.8) is 0 Å². The van der Waals surface area contributed by atoms with Crippen molar-refractivity contribution in [3.8, 4) is 0 Å². The highest BCUT2D eigenvalue weighted by Crippen LogP contribution is 2.25. The summed E-state index contributed by atoms with van der Waals surface area (Å²) in [5, 5.41) is 2.87. The number of rotatable bonds is 3. The lowest BCUT2D eigenvalue weighted by Gasteiger charge is -2.11. The SMILES string of the molecule is NC(=S)c1ccc(NC(=O)C2CCOC2)c(Br)c1. The Balaban J connectivity index is 2.09. The molecule has 1 fully saturated rings. The van der Waals surface area contributed by atoms with Crippen molar-refractivity contribution in [3.05, 3.63) is 28.2 Å². The minimum atomic E-state index is -0.0628. The van der Waals surface area contributed by atoms with Gasteiger partial charge < -0.3 is 15.8 Å². The first kappa shape index (κ1) is 13.5. The second-order valence-corrected chi connectivity index (χ2v) is 5.40. The monoisotopic (exact) mass is 328 g/mol. The van der Waals surface area contributed by atoms with Crippen LogP contribution in [0.25, 0.3) is 0 Å². The Kier molecular flexibility index (Phi) is 4.31. The van der Waals surface area contributed by atoms with Gasteiger partial charge in [0.15, 0.2) is 0 Å². The fraction of sp³-hybridized carbons (Fsp3) is 0.333. The van der Waals surface area contributed by atoms with E-state index in [1.54, 1.807) is 18.2 Å². The molecule has 1 aromatic carbocycles. The largest absolute Gasteiger partial charge is 0.389 e. The van der Waals surface area contributed by atoms with Crippen LogP contribution in [0.2, 0.25) is 0 Å². The maximum absolute atomic E-state index is 11.9. The van der Waals surface area contributed by atoms with Crippen LogP contribution in [0, 0.1) is 5.92 Å². The summed E-state index contributed by atoms with van der Waals surface area (Å²) in [6.07, 6.45) is 0.772. The second kappa shape index (κ2) is 5.77. The van der Waals surface area contributed by atoms with E-state index in [2.05, 4.69) is 21.2 Å². The fourth-order valence-electron chi connectivity index (χ4n) is 1.75. The zero-order valence-electron chi connectivity index (χ0n) is 9.61. The first-order valence-electron chi connectivity index (χ1n) is 5.56. The number of amides is 1. The van der Waals surface area contributed by atoms with Crippen LogP contribution in [-0.4, -0.2) is 24.1 Å². The number of carbonyl (C=O) groups is 1. The van der Waals surface area contributed by atoms with Crippen LogP contribution in [0.4, 0.5) is 5.69 Å². The number of halogens is 1. The average Bonchev–Trinajstić information content (AvgIpc) is 2.85. The molecule has 1 aromatic rings. The molecular weight excluding hydrogens is 316 g/mol. The third kappa shape index (κ3) is 3.07. The summed E-state index contributed by atoms with van der Waals surface area (Å²) in [6.45, 7) is 1.15. The molecule has 96 valence electrons. The maximum Gasteiger partial charge on any atom is 0.229 e. The zero-order chi connectivity index (χ0) is 13.1. The fourth-order valence-corrected chi connectivity index (χ4v) is 2.35. The third-order valence-corrected chi connectivity index (χ3v) is 3.70. The highest BCUT2D eigenvalue weighted by molar-refractivity contribution is 9.10. The molecule has 18 heavy (non-hydrogen) atoms. The molecule has 1 unspecified atom stereocenters. The molecule has 0 radical (unpaired) electrons. The smallest absolute Gasteiger partial charge is 0.229 e. The highest BCUT2D eigenvalue weighted by Gasteiger charge is 2.23. The number of hydrogen-bond donors (Lipinski definition) is 2. The standard InChI is InChI=1S/C12H13BrN2O2S/c13-9-5-7(11(14)18)1-2-10(9)15-12(16)8-3-4-17-6-8/h1-2,5,8H,3-4,6H2,(H2,14,18)(H,15,16). The number of benzene rings is 1. The number of thiocarbonyl (C=S) groups is 1. The first-order chi connectivity index (χ1) is 8.58. The number of nitrogens with one attached hydrogen (secondary N) is 1. The van der Waals surface area contributed by atoms with Gasteiger partial charge in [-0.1, -0.05) is 12.2 Å². The van der Waals surface area contributed by atoms with Gasteiger partial charge in [0.05, 0.1) is 18.2 Å². The number of anilines is 1. The Morgan fingerprint density at radius 2 is 2.33 bits per heavy atom. The summed E-state index contributed by atoms with van der Waals surface area (Å²) in [5.74, 6) is -0.0802. The molecule has 1 aliphatic rings. The van der Waals surface area contributed by atoms with Gasteiger partial charge in [0, 0.05) is 16.6 Å². The normalized spacial score (nSPS) is 18.6. The molecule has 0 spiro atoms. The van der Waals surface area contributed by atoms with Crippen LogP contribution in [0.3, 0.4) is 0 Å². The molecule has 1 amide bonds. The highest BCUT2D eigenvalue weighted by atomic mass is 79.9. The van der Waals surface area contributed by atoms with Crippen LogP contribution in [0.1, 0.15) is 12.0 Å². The van der Waals surface area contributed by atoms with E-state index in [1.165, 1.54) is 0 Å². The molecule has 1 aliphatic heterocycles. The van der Waals surface area contributed by atoms with Gasteiger partial charge in [-0.25, -0.2) is 0 Å². The lowest BCUT2D eigenvalue weighted by atomic mass is 10.1. The van der Waals surface area contributed by atoms with Crippen LogP contribution in [0.5, 0.6) is 0 Å². The van der Waals surface area contributed by atoms with E-state index in [9.17, 15) is 4.79 Å². The van der Waals surface area contributed by atoms with E-state index < -0.39 is 0 Å². The predicted molar refractivity (Wildman–Crippen MR) is 77.6 cm³/mol. The van der Waals surface area contributed by atoms with E-state index >= 15 is 0 Å². The van der Waals surface area contributed by atoms with Gasteiger partial charge in [0.1, 0.15) is 4.99 Å². The predicted octanol–water partition coefficient (Wildman–Crippen LogP) is 2.06. The van der Waals surface area contributed by atoms with Gasteiger partial charge in [0.25, 0.3) is 0 Å². The molecule has 0 bridgehead atoms. The van der Waals surface area contributed by atoms with Gasteiger partial charge in [-0.3, -0.25) is 4.79 Å². The molecule has 0 aromatic heterocycles. The van der Waals surface area contributed by atoms with Gasteiger partial charge in [-0.2, -0.15) is 0 Å². The topological polar surface area (TPSA) is 64.3 Å². The summed E-state index contributed by atoms with van der Waals surface area (Å²) in [4.78, 5) is 12.3. The van der Waals surface area contributed by atoms with Gasteiger partial charge in [0.2, 0.25) is 5.91 Å². The van der Waals surface area contributed by atoms with Crippen molar-refractivity contribution < 1.29 is 9.53 Å². The molecule has 0 aliphatic carbocycles. The van der Waals surface area contributed by atoms with E-state index in [-0.39, 0.29) is 11.8 Å². The molecule has 1 heterocycles. The molecule has 1 saturated heterocycles. The molecule has 3 N–H and O–H groups in total. The van der Waals surface area contributed by atoms with Crippen LogP contribution in [0.15, 0.2) is 22.7 Å². The van der Waals surface area contributed by atoms with Crippen LogP contribution < -0.4 is 11.1 Å². The minimum absolute atomic E-state index is 0.0173. The van der Waals surface area contributed by atoms with Crippen molar-refractivity contribution in [1.82, 2.24) is 0 Å². The zero-order valence-corrected chi connectivity index (χ0v) is 12.0. The van der Waals surface area contributed by atoms with Crippen LogP contribution in [-0.2, 0) is 9.53 Å². The summed E-state index contributed by atoms with van der Waals surface area (Å²) < 4.78 is 5.95. The Morgan fingerprint density at radius 1 is 1.56 bits per heavy atom. The molecule has 6 heteroatoms. The van der Waals surface area contributed by atoms with Crippen molar-refractivity contribution in [2.75, 3.05) is 18.5 Å². The van der Waals surface area contributed by atoms with Crippen molar-refractivity contribution in [1.29, 1.82) is 0 Å². The van der Waals surface area contributed by atoms with Crippen molar-refractivity contribution in [2.24, 2.45) is 11.7 Å². The molecule has 2 rings (SSSR count). The molecule has 0 saturated carbocycles. The van der Waals surface area contributed by atoms with E-state index in [4.69, 9.17) is 22.7 Å². The van der Waals surface area contributed by atoms with Gasteiger partial charge >= 0.3 is 0 Å². The van der Waals surface area contributed by atoms with Gasteiger partial charge in [-0.05, 0) is 40.5 Å². The van der Waals surface area contributed by atoms with E-state index in [0.29, 0.717) is 23.9 Å². The summed E-state index contributed by atoms with van der Waals surface area (Å²) in [7, 11) is 0. The molecular formula is C12H13BrN2O2S. The summed E-state index contributed by atoms with van der Waals surface area (Å²) >= 11 is 8.28. The van der Waals surface area contributed by atoms with Crippen LogP contribution >= 0.6 is 28.1 Å².